The van der Waals surface area contributed by atoms with E-state index in [1.807, 2.05) is 36.5 Å². The summed E-state index contributed by atoms with van der Waals surface area (Å²) in [6.45, 7) is 4.48. The summed E-state index contributed by atoms with van der Waals surface area (Å²) >= 11 is 0. The van der Waals surface area contributed by atoms with Crippen molar-refractivity contribution in [1.82, 2.24) is 0 Å². The molecule has 3 aromatic carbocycles. The first-order valence-corrected chi connectivity index (χ1v) is 8.72. The molecule has 0 N–H and O–H groups in total. The minimum Gasteiger partial charge on any atom is -0.493 e. The van der Waals surface area contributed by atoms with E-state index in [4.69, 9.17) is 9.47 Å². The standard InChI is InChI=1S/C23H22FNO2/c1-16-5-4-6-21(17(16)2)25-14-19-9-12-22(23(13-19)26-3)27-15-18-7-10-20(24)11-8-18/h4-14H,15H2,1-3H3. The molecule has 3 aromatic rings. The monoisotopic (exact) mass is 363 g/mol. The summed E-state index contributed by atoms with van der Waals surface area (Å²) in [7, 11) is 1.60. The SMILES string of the molecule is COc1cc(C=Nc2cccc(C)c2C)ccc1OCc1ccc(F)cc1. The van der Waals surface area contributed by atoms with Crippen LogP contribution >= 0.6 is 0 Å². The third-order valence-electron chi connectivity index (χ3n) is 4.42. The predicted molar refractivity (Wildman–Crippen MR) is 107 cm³/mol. The summed E-state index contributed by atoms with van der Waals surface area (Å²) in [6.07, 6.45) is 1.81. The second-order valence-electron chi connectivity index (χ2n) is 6.30. The zero-order valence-corrected chi connectivity index (χ0v) is 15.7. The number of ether oxygens (including phenoxy) is 2. The van der Waals surface area contributed by atoms with Crippen LogP contribution in [0.25, 0.3) is 0 Å². The minimum absolute atomic E-state index is 0.260. The van der Waals surface area contributed by atoms with Crippen molar-refractivity contribution in [3.05, 3.63) is 88.7 Å². The molecule has 0 unspecified atom stereocenters. The first-order chi connectivity index (χ1) is 13.1. The summed E-state index contributed by atoms with van der Waals surface area (Å²) in [5, 5.41) is 0. The zero-order chi connectivity index (χ0) is 19.2. The number of aryl methyl sites for hydroxylation is 1. The molecule has 0 aliphatic rings. The van der Waals surface area contributed by atoms with Crippen molar-refractivity contribution in [3.63, 3.8) is 0 Å². The highest BCUT2D eigenvalue weighted by molar-refractivity contribution is 5.83. The molecule has 0 heterocycles. The Kier molecular flexibility index (Phi) is 5.87. The average molecular weight is 363 g/mol. The molecule has 3 rings (SSSR count). The smallest absolute Gasteiger partial charge is 0.161 e. The molecule has 0 radical (unpaired) electrons. The summed E-state index contributed by atoms with van der Waals surface area (Å²) in [5.74, 6) is 0.997. The lowest BCUT2D eigenvalue weighted by molar-refractivity contribution is 0.284. The van der Waals surface area contributed by atoms with Gasteiger partial charge >= 0.3 is 0 Å². The largest absolute Gasteiger partial charge is 0.493 e. The summed E-state index contributed by atoms with van der Waals surface area (Å²) in [5.41, 5.74) is 5.14. The van der Waals surface area contributed by atoms with E-state index in [1.54, 1.807) is 19.2 Å². The fraction of sp³-hybridized carbons (Fsp3) is 0.174. The molecule has 3 nitrogen and oxygen atoms in total. The summed E-state index contributed by atoms with van der Waals surface area (Å²) < 4.78 is 24.2. The lowest BCUT2D eigenvalue weighted by Crippen LogP contribution is -1.98. The number of methoxy groups -OCH3 is 1. The number of rotatable bonds is 6. The first-order valence-electron chi connectivity index (χ1n) is 8.72. The van der Waals surface area contributed by atoms with Gasteiger partial charge in [0.25, 0.3) is 0 Å². The number of halogens is 1. The third-order valence-corrected chi connectivity index (χ3v) is 4.42. The third kappa shape index (κ3) is 4.73. The average Bonchev–Trinajstić information content (AvgIpc) is 2.69. The number of hydrogen-bond donors (Lipinski definition) is 0. The van der Waals surface area contributed by atoms with E-state index in [2.05, 4.69) is 24.9 Å². The van der Waals surface area contributed by atoms with Crippen LogP contribution in [0.3, 0.4) is 0 Å². The van der Waals surface area contributed by atoms with E-state index in [-0.39, 0.29) is 5.82 Å². The maximum atomic E-state index is 13.0. The molecular weight excluding hydrogens is 341 g/mol. The number of benzene rings is 3. The fourth-order valence-electron chi connectivity index (χ4n) is 2.64. The van der Waals surface area contributed by atoms with E-state index in [1.165, 1.54) is 23.3 Å². The van der Waals surface area contributed by atoms with Gasteiger partial charge in [-0.15, -0.1) is 0 Å². The second kappa shape index (κ2) is 8.49. The highest BCUT2D eigenvalue weighted by Crippen LogP contribution is 2.29. The van der Waals surface area contributed by atoms with Crippen LogP contribution in [0.5, 0.6) is 11.5 Å². The van der Waals surface area contributed by atoms with Crippen LogP contribution in [0.4, 0.5) is 10.1 Å². The Labute approximate surface area is 159 Å². The number of hydrogen-bond acceptors (Lipinski definition) is 3. The summed E-state index contributed by atoms with van der Waals surface area (Å²) in [4.78, 5) is 4.59. The Morgan fingerprint density at radius 1 is 0.963 bits per heavy atom. The molecule has 0 saturated carbocycles. The van der Waals surface area contributed by atoms with Crippen molar-refractivity contribution in [1.29, 1.82) is 0 Å². The van der Waals surface area contributed by atoms with Gasteiger partial charge in [-0.25, -0.2) is 4.39 Å². The van der Waals surface area contributed by atoms with Crippen LogP contribution in [0, 0.1) is 19.7 Å². The molecule has 0 aliphatic heterocycles. The van der Waals surface area contributed by atoms with Gasteiger partial charge in [-0.1, -0.05) is 24.3 Å². The highest BCUT2D eigenvalue weighted by Gasteiger charge is 2.06. The molecular formula is C23H22FNO2. The van der Waals surface area contributed by atoms with Crippen molar-refractivity contribution in [2.24, 2.45) is 4.99 Å². The molecule has 0 amide bonds. The Morgan fingerprint density at radius 3 is 2.48 bits per heavy atom. The van der Waals surface area contributed by atoms with Crippen LogP contribution in [-0.2, 0) is 6.61 Å². The Hall–Kier alpha value is -3.14. The van der Waals surface area contributed by atoms with Gasteiger partial charge in [0.2, 0.25) is 0 Å². The molecule has 0 saturated heterocycles. The van der Waals surface area contributed by atoms with Crippen molar-refractivity contribution < 1.29 is 13.9 Å². The van der Waals surface area contributed by atoms with E-state index < -0.39 is 0 Å². The molecule has 0 bridgehead atoms. The summed E-state index contributed by atoms with van der Waals surface area (Å²) in [6, 6.07) is 18.0. The highest BCUT2D eigenvalue weighted by atomic mass is 19.1. The van der Waals surface area contributed by atoms with Gasteiger partial charge in [0.1, 0.15) is 12.4 Å². The van der Waals surface area contributed by atoms with Crippen LogP contribution < -0.4 is 9.47 Å². The van der Waals surface area contributed by atoms with Gasteiger partial charge < -0.3 is 9.47 Å². The van der Waals surface area contributed by atoms with Gasteiger partial charge in [0.05, 0.1) is 12.8 Å². The normalized spacial score (nSPS) is 11.0. The lowest BCUT2D eigenvalue weighted by atomic mass is 10.1. The number of aliphatic imine (C=N–C) groups is 1. The van der Waals surface area contributed by atoms with Gasteiger partial charge in [-0.3, -0.25) is 4.99 Å². The van der Waals surface area contributed by atoms with E-state index in [0.717, 1.165) is 16.8 Å². The predicted octanol–water partition coefficient (Wildman–Crippen LogP) is 5.78. The maximum Gasteiger partial charge on any atom is 0.161 e. The molecule has 0 atom stereocenters. The van der Waals surface area contributed by atoms with Crippen molar-refractivity contribution in [3.8, 4) is 11.5 Å². The molecule has 0 spiro atoms. The topological polar surface area (TPSA) is 30.8 Å². The van der Waals surface area contributed by atoms with Crippen LogP contribution in [0.1, 0.15) is 22.3 Å². The molecule has 138 valence electrons. The molecule has 0 fully saturated rings. The van der Waals surface area contributed by atoms with Crippen molar-refractivity contribution in [2.45, 2.75) is 20.5 Å². The van der Waals surface area contributed by atoms with Gasteiger partial charge in [0.15, 0.2) is 11.5 Å². The number of nitrogens with zero attached hydrogens (tertiary/aromatic N) is 1. The van der Waals surface area contributed by atoms with E-state index in [0.29, 0.717) is 18.1 Å². The van der Waals surface area contributed by atoms with Gasteiger partial charge in [0, 0.05) is 6.21 Å². The quantitative estimate of drug-likeness (QED) is 0.520. The van der Waals surface area contributed by atoms with Gasteiger partial charge in [-0.2, -0.15) is 0 Å². The Bertz CT molecular complexity index is 949. The van der Waals surface area contributed by atoms with Crippen LogP contribution in [0.15, 0.2) is 65.7 Å². The van der Waals surface area contributed by atoms with Gasteiger partial charge in [-0.05, 0) is 72.5 Å². The Morgan fingerprint density at radius 2 is 1.74 bits per heavy atom. The van der Waals surface area contributed by atoms with Crippen molar-refractivity contribution >= 4 is 11.9 Å². The molecule has 27 heavy (non-hydrogen) atoms. The maximum absolute atomic E-state index is 13.0. The molecule has 0 aliphatic carbocycles. The lowest BCUT2D eigenvalue weighted by Gasteiger charge is -2.11. The van der Waals surface area contributed by atoms with Crippen LogP contribution in [0.2, 0.25) is 0 Å². The molecule has 4 heteroatoms. The van der Waals surface area contributed by atoms with E-state index in [9.17, 15) is 4.39 Å². The van der Waals surface area contributed by atoms with Crippen molar-refractivity contribution in [2.75, 3.05) is 7.11 Å². The van der Waals surface area contributed by atoms with E-state index >= 15 is 0 Å². The second-order valence-corrected chi connectivity index (χ2v) is 6.30. The Balaban J connectivity index is 1.74. The zero-order valence-electron chi connectivity index (χ0n) is 15.7. The minimum atomic E-state index is -0.260. The molecule has 0 aromatic heterocycles. The van der Waals surface area contributed by atoms with Crippen LogP contribution in [-0.4, -0.2) is 13.3 Å². The first kappa shape index (κ1) is 18.6. The fourth-order valence-corrected chi connectivity index (χ4v) is 2.64.